The first-order chi connectivity index (χ1) is 13.2. The van der Waals surface area contributed by atoms with Gasteiger partial charge in [0.1, 0.15) is 6.04 Å². The summed E-state index contributed by atoms with van der Waals surface area (Å²) in [4.78, 5) is 24.7. The molecule has 2 atom stereocenters. The van der Waals surface area contributed by atoms with Gasteiger partial charge in [-0.3, -0.25) is 14.3 Å². The van der Waals surface area contributed by atoms with E-state index in [9.17, 15) is 27.9 Å². The lowest BCUT2D eigenvalue weighted by molar-refractivity contribution is -0.142. The van der Waals surface area contributed by atoms with Gasteiger partial charge in [-0.15, -0.1) is 0 Å². The molecule has 2 amide bonds. The van der Waals surface area contributed by atoms with Crippen LogP contribution in [0.15, 0.2) is 36.5 Å². The Bertz CT molecular complexity index is 821. The van der Waals surface area contributed by atoms with Crippen LogP contribution in [0, 0.1) is 0 Å². The first-order valence-electron chi connectivity index (χ1n) is 8.43. The normalized spacial score (nSPS) is 13.6. The van der Waals surface area contributed by atoms with Gasteiger partial charge in [0.15, 0.2) is 5.69 Å². The first-order valence-corrected chi connectivity index (χ1v) is 8.43. The Morgan fingerprint density at radius 1 is 1.25 bits per heavy atom. The molecule has 0 aliphatic heterocycles. The van der Waals surface area contributed by atoms with Gasteiger partial charge in [-0.1, -0.05) is 30.3 Å². The van der Waals surface area contributed by atoms with Crippen LogP contribution in [-0.4, -0.2) is 46.4 Å². The van der Waals surface area contributed by atoms with E-state index in [1.54, 1.807) is 30.3 Å². The molecule has 0 radical (unpaired) electrons. The summed E-state index contributed by atoms with van der Waals surface area (Å²) in [7, 11) is 2.69. The maximum absolute atomic E-state index is 13.1. The molecule has 28 heavy (non-hydrogen) atoms. The third-order valence-electron chi connectivity index (χ3n) is 4.20. The first kappa shape index (κ1) is 21.4. The molecule has 0 saturated carbocycles. The van der Waals surface area contributed by atoms with Gasteiger partial charge in [-0.05, 0) is 5.56 Å². The van der Waals surface area contributed by atoms with Crippen LogP contribution < -0.4 is 10.6 Å². The molecule has 7 nitrogen and oxygen atoms in total. The highest BCUT2D eigenvalue weighted by Gasteiger charge is 2.38. The Morgan fingerprint density at radius 3 is 2.43 bits per heavy atom. The number of hydrogen-bond donors (Lipinski definition) is 3. The maximum atomic E-state index is 13.1. The van der Waals surface area contributed by atoms with Crippen molar-refractivity contribution in [2.45, 2.75) is 24.6 Å². The topological polar surface area (TPSA) is 96.3 Å². The van der Waals surface area contributed by atoms with Crippen LogP contribution in [0.2, 0.25) is 0 Å². The van der Waals surface area contributed by atoms with E-state index < -0.39 is 48.7 Å². The van der Waals surface area contributed by atoms with E-state index in [1.807, 2.05) is 0 Å². The Balaban J connectivity index is 2.24. The minimum atomic E-state index is -4.70. The largest absolute Gasteiger partial charge is 0.435 e. The number of alkyl halides is 3. The van der Waals surface area contributed by atoms with E-state index in [2.05, 4.69) is 15.7 Å². The van der Waals surface area contributed by atoms with E-state index >= 15 is 0 Å². The van der Waals surface area contributed by atoms with Gasteiger partial charge in [0, 0.05) is 31.8 Å². The number of rotatable bonds is 7. The lowest BCUT2D eigenvalue weighted by Crippen LogP contribution is -2.50. The van der Waals surface area contributed by atoms with Crippen LogP contribution in [0.5, 0.6) is 0 Å². The number of aliphatic hydroxyl groups excluding tert-OH is 1. The molecule has 2 unspecified atom stereocenters. The van der Waals surface area contributed by atoms with Crippen LogP contribution in [0.1, 0.15) is 22.7 Å². The van der Waals surface area contributed by atoms with E-state index in [0.717, 1.165) is 10.9 Å². The fraction of sp³-hybridized carbons (Fsp3) is 0.389. The number of amides is 2. The smallest absolute Gasteiger partial charge is 0.396 e. The number of aromatic nitrogens is 2. The average Bonchev–Trinajstić information content (AvgIpc) is 3.02. The molecule has 1 aromatic heterocycles. The van der Waals surface area contributed by atoms with Crippen molar-refractivity contribution in [2.24, 2.45) is 7.05 Å². The highest BCUT2D eigenvalue weighted by Crippen LogP contribution is 2.30. The minimum absolute atomic E-state index is 0.302. The summed E-state index contributed by atoms with van der Waals surface area (Å²) in [5.41, 5.74) is -0.844. The number of carbonyl (C=O) groups excluding carboxylic acids is 2. The molecule has 2 aromatic rings. The zero-order valence-corrected chi connectivity index (χ0v) is 15.3. The third kappa shape index (κ3) is 5.10. The van der Waals surface area contributed by atoms with Crippen molar-refractivity contribution in [3.8, 4) is 0 Å². The SMILES string of the molecule is CNC(=O)C(NC(=O)Cc1cn(C)nc1C(F)(F)F)C(CO)c1ccccc1. The Hall–Kier alpha value is -2.88. The molecular weight excluding hydrogens is 377 g/mol. The number of hydrogen-bond acceptors (Lipinski definition) is 4. The van der Waals surface area contributed by atoms with E-state index in [-0.39, 0.29) is 5.56 Å². The van der Waals surface area contributed by atoms with Gasteiger partial charge >= 0.3 is 6.18 Å². The number of carbonyl (C=O) groups is 2. The second-order valence-corrected chi connectivity index (χ2v) is 6.21. The zero-order chi connectivity index (χ0) is 20.9. The second-order valence-electron chi connectivity index (χ2n) is 6.21. The summed E-state index contributed by atoms with van der Waals surface area (Å²) in [6, 6.07) is 7.40. The number of aryl methyl sites for hydroxylation is 1. The Kier molecular flexibility index (Phi) is 6.79. The van der Waals surface area contributed by atoms with Crippen molar-refractivity contribution >= 4 is 11.8 Å². The number of nitrogens with one attached hydrogen (secondary N) is 2. The van der Waals surface area contributed by atoms with Crippen molar-refractivity contribution in [3.63, 3.8) is 0 Å². The molecule has 0 fully saturated rings. The van der Waals surface area contributed by atoms with Crippen molar-refractivity contribution < 1.29 is 27.9 Å². The van der Waals surface area contributed by atoms with E-state index in [0.29, 0.717) is 5.56 Å². The lowest BCUT2D eigenvalue weighted by atomic mass is 9.91. The number of nitrogens with zero attached hydrogens (tertiary/aromatic N) is 2. The molecule has 2 rings (SSSR count). The van der Waals surface area contributed by atoms with Crippen LogP contribution >= 0.6 is 0 Å². The van der Waals surface area contributed by atoms with Crippen molar-refractivity contribution in [3.05, 3.63) is 53.3 Å². The maximum Gasteiger partial charge on any atom is 0.435 e. The third-order valence-corrected chi connectivity index (χ3v) is 4.20. The summed E-state index contributed by atoms with van der Waals surface area (Å²) in [5.74, 6) is -2.12. The average molecular weight is 398 g/mol. The summed E-state index contributed by atoms with van der Waals surface area (Å²) < 4.78 is 40.1. The lowest BCUT2D eigenvalue weighted by Gasteiger charge is -2.25. The number of benzene rings is 1. The number of halogens is 3. The van der Waals surface area contributed by atoms with Crippen molar-refractivity contribution in [1.29, 1.82) is 0 Å². The fourth-order valence-electron chi connectivity index (χ4n) is 2.91. The molecule has 1 heterocycles. The standard InChI is InChI=1S/C18H21F3N4O3/c1-22-17(28)15(13(10-26)11-6-4-3-5-7-11)23-14(27)8-12-9-25(2)24-16(12)18(19,20)21/h3-7,9,13,15,26H,8,10H2,1-2H3,(H,22,28)(H,23,27). The van der Waals surface area contributed by atoms with Gasteiger partial charge in [-0.2, -0.15) is 18.3 Å². The van der Waals surface area contributed by atoms with Crippen LogP contribution in [-0.2, 0) is 29.2 Å². The number of likely N-dealkylation sites (N-methyl/N-ethyl adjacent to an activating group) is 1. The number of aliphatic hydroxyl groups is 1. The molecule has 0 aliphatic rings. The van der Waals surface area contributed by atoms with Crippen molar-refractivity contribution in [2.75, 3.05) is 13.7 Å². The molecule has 0 spiro atoms. The highest BCUT2D eigenvalue weighted by molar-refractivity contribution is 5.89. The fourth-order valence-corrected chi connectivity index (χ4v) is 2.91. The molecule has 10 heteroatoms. The molecule has 0 bridgehead atoms. The van der Waals surface area contributed by atoms with Gasteiger partial charge in [0.2, 0.25) is 11.8 Å². The van der Waals surface area contributed by atoms with Crippen LogP contribution in [0.25, 0.3) is 0 Å². The zero-order valence-electron chi connectivity index (χ0n) is 15.3. The molecule has 152 valence electrons. The van der Waals surface area contributed by atoms with Crippen LogP contribution in [0.3, 0.4) is 0 Å². The van der Waals surface area contributed by atoms with Gasteiger partial charge < -0.3 is 15.7 Å². The molecular formula is C18H21F3N4O3. The highest BCUT2D eigenvalue weighted by atomic mass is 19.4. The second kappa shape index (κ2) is 8.87. The predicted molar refractivity (Wildman–Crippen MR) is 94.2 cm³/mol. The molecule has 3 N–H and O–H groups in total. The predicted octanol–water partition coefficient (Wildman–Crippen LogP) is 0.988. The summed E-state index contributed by atoms with van der Waals surface area (Å²) in [6.07, 6.45) is -4.20. The molecule has 0 aliphatic carbocycles. The monoisotopic (exact) mass is 398 g/mol. The van der Waals surface area contributed by atoms with Gasteiger partial charge in [0.25, 0.3) is 0 Å². The molecule has 0 saturated heterocycles. The summed E-state index contributed by atoms with van der Waals surface area (Å²) in [5, 5.41) is 17.9. The van der Waals surface area contributed by atoms with E-state index in [4.69, 9.17) is 0 Å². The van der Waals surface area contributed by atoms with Crippen LogP contribution in [0.4, 0.5) is 13.2 Å². The van der Waals surface area contributed by atoms with E-state index in [1.165, 1.54) is 14.1 Å². The Morgan fingerprint density at radius 2 is 1.89 bits per heavy atom. The van der Waals surface area contributed by atoms with Gasteiger partial charge in [-0.25, -0.2) is 0 Å². The summed E-state index contributed by atoms with van der Waals surface area (Å²) >= 11 is 0. The Labute approximate surface area is 159 Å². The van der Waals surface area contributed by atoms with Gasteiger partial charge in [0.05, 0.1) is 13.0 Å². The minimum Gasteiger partial charge on any atom is -0.396 e. The van der Waals surface area contributed by atoms with Crippen molar-refractivity contribution in [1.82, 2.24) is 20.4 Å². The quantitative estimate of drug-likeness (QED) is 0.648. The summed E-state index contributed by atoms with van der Waals surface area (Å²) in [6.45, 7) is -0.441. The molecule has 1 aromatic carbocycles.